The van der Waals surface area contributed by atoms with Crippen molar-refractivity contribution >= 4 is 6.09 Å². The van der Waals surface area contributed by atoms with Crippen molar-refractivity contribution in [3.05, 3.63) is 0 Å². The zero-order valence-corrected chi connectivity index (χ0v) is 7.91. The molecule has 4 heteroatoms. The third-order valence-electron chi connectivity index (χ3n) is 1.47. The zero-order chi connectivity index (χ0) is 9.56. The zero-order valence-electron chi connectivity index (χ0n) is 7.91. The molecule has 0 fully saturated rings. The number of hydrogen-bond acceptors (Lipinski definition) is 3. The summed E-state index contributed by atoms with van der Waals surface area (Å²) in [5.41, 5.74) is 0. The fraction of sp³-hybridized carbons (Fsp3) is 0.875. The lowest BCUT2D eigenvalue weighted by Crippen LogP contribution is -2.39. The average molecular weight is 175 g/mol. The van der Waals surface area contributed by atoms with Gasteiger partial charge in [0.15, 0.2) is 0 Å². The first-order chi connectivity index (χ1) is 5.63. The van der Waals surface area contributed by atoms with E-state index in [1.54, 1.807) is 6.92 Å². The normalized spacial score (nSPS) is 10.1. The highest BCUT2D eigenvalue weighted by Gasteiger charge is 2.16. The third-order valence-corrected chi connectivity index (χ3v) is 1.47. The fourth-order valence-electron chi connectivity index (χ4n) is 0.874. The molecule has 0 saturated carbocycles. The van der Waals surface area contributed by atoms with E-state index in [1.807, 2.05) is 13.8 Å². The van der Waals surface area contributed by atoms with Crippen LogP contribution in [-0.2, 0) is 4.74 Å². The van der Waals surface area contributed by atoms with E-state index in [2.05, 4.69) is 0 Å². The number of rotatable bonds is 4. The van der Waals surface area contributed by atoms with Gasteiger partial charge >= 0.3 is 6.09 Å². The van der Waals surface area contributed by atoms with Crippen LogP contribution >= 0.6 is 0 Å². The minimum atomic E-state index is -0.360. The van der Waals surface area contributed by atoms with Gasteiger partial charge in [-0.25, -0.2) is 4.79 Å². The molecule has 0 atom stereocenters. The average Bonchev–Trinajstić information content (AvgIpc) is 1.99. The Hall–Kier alpha value is -0.770. The van der Waals surface area contributed by atoms with Gasteiger partial charge in [0.2, 0.25) is 0 Å². The Kier molecular flexibility index (Phi) is 5.45. The molecular formula is C8H17NO3. The highest BCUT2D eigenvalue weighted by molar-refractivity contribution is 5.67. The van der Waals surface area contributed by atoms with E-state index in [-0.39, 0.29) is 18.7 Å². The quantitative estimate of drug-likeness (QED) is 0.689. The highest BCUT2D eigenvalue weighted by Crippen LogP contribution is 2.00. The number of aliphatic hydroxyl groups excluding tert-OH is 1. The van der Waals surface area contributed by atoms with E-state index in [0.29, 0.717) is 13.2 Å². The lowest BCUT2D eigenvalue weighted by Gasteiger charge is -2.24. The first-order valence-electron chi connectivity index (χ1n) is 4.17. The minimum Gasteiger partial charge on any atom is -0.450 e. The van der Waals surface area contributed by atoms with Crippen LogP contribution in [0.4, 0.5) is 4.79 Å². The number of amides is 1. The maximum absolute atomic E-state index is 11.2. The standard InChI is InChI=1S/C8H17NO3/c1-4-12-8(11)9(5-6-10)7(2)3/h7,10H,4-6H2,1-3H3. The van der Waals surface area contributed by atoms with Crippen molar-refractivity contribution in [2.75, 3.05) is 19.8 Å². The molecule has 0 unspecified atom stereocenters. The molecular weight excluding hydrogens is 158 g/mol. The molecule has 0 aromatic carbocycles. The molecule has 1 amide bonds. The molecule has 0 heterocycles. The Balaban J connectivity index is 4.00. The van der Waals surface area contributed by atoms with E-state index in [4.69, 9.17) is 9.84 Å². The number of carbonyl (C=O) groups excluding carboxylic acids is 1. The second-order valence-corrected chi connectivity index (χ2v) is 2.71. The summed E-state index contributed by atoms with van der Waals surface area (Å²) in [5.74, 6) is 0. The van der Waals surface area contributed by atoms with Crippen molar-refractivity contribution in [2.24, 2.45) is 0 Å². The van der Waals surface area contributed by atoms with E-state index < -0.39 is 0 Å². The summed E-state index contributed by atoms with van der Waals surface area (Å²) in [5, 5.41) is 8.65. The molecule has 12 heavy (non-hydrogen) atoms. The van der Waals surface area contributed by atoms with Crippen molar-refractivity contribution in [1.29, 1.82) is 0 Å². The van der Waals surface area contributed by atoms with E-state index in [9.17, 15) is 4.79 Å². The summed E-state index contributed by atoms with van der Waals surface area (Å²) >= 11 is 0. The van der Waals surface area contributed by atoms with Gasteiger partial charge in [-0.2, -0.15) is 0 Å². The van der Waals surface area contributed by atoms with Gasteiger partial charge in [0.1, 0.15) is 0 Å². The predicted octanol–water partition coefficient (Wildman–Crippen LogP) is 0.846. The van der Waals surface area contributed by atoms with Gasteiger partial charge < -0.3 is 14.7 Å². The van der Waals surface area contributed by atoms with Gasteiger partial charge in [0.05, 0.1) is 13.2 Å². The Morgan fingerprint density at radius 1 is 1.58 bits per heavy atom. The topological polar surface area (TPSA) is 49.8 Å². The Morgan fingerprint density at radius 3 is 2.50 bits per heavy atom. The van der Waals surface area contributed by atoms with Crippen LogP contribution in [0, 0.1) is 0 Å². The summed E-state index contributed by atoms with van der Waals surface area (Å²) in [7, 11) is 0. The fourth-order valence-corrected chi connectivity index (χ4v) is 0.874. The van der Waals surface area contributed by atoms with Crippen LogP contribution in [0.3, 0.4) is 0 Å². The molecule has 4 nitrogen and oxygen atoms in total. The smallest absolute Gasteiger partial charge is 0.410 e. The Morgan fingerprint density at radius 2 is 2.17 bits per heavy atom. The summed E-state index contributed by atoms with van der Waals surface area (Å²) in [6.45, 7) is 6.19. The molecule has 72 valence electrons. The number of carbonyl (C=O) groups is 1. The molecule has 0 bridgehead atoms. The molecule has 0 aliphatic heterocycles. The van der Waals surface area contributed by atoms with E-state index >= 15 is 0 Å². The molecule has 0 spiro atoms. The summed E-state index contributed by atoms with van der Waals surface area (Å²) < 4.78 is 4.79. The van der Waals surface area contributed by atoms with Crippen molar-refractivity contribution in [3.8, 4) is 0 Å². The highest BCUT2D eigenvalue weighted by atomic mass is 16.6. The van der Waals surface area contributed by atoms with Gasteiger partial charge in [0.25, 0.3) is 0 Å². The first-order valence-corrected chi connectivity index (χ1v) is 4.17. The third kappa shape index (κ3) is 3.57. The number of ether oxygens (including phenoxy) is 1. The van der Waals surface area contributed by atoms with Crippen LogP contribution < -0.4 is 0 Å². The summed E-state index contributed by atoms with van der Waals surface area (Å²) in [6, 6.07) is 0.0659. The lowest BCUT2D eigenvalue weighted by atomic mass is 10.3. The van der Waals surface area contributed by atoms with Crippen molar-refractivity contribution in [2.45, 2.75) is 26.8 Å². The van der Waals surface area contributed by atoms with Gasteiger partial charge in [-0.05, 0) is 20.8 Å². The van der Waals surface area contributed by atoms with Crippen LogP contribution in [-0.4, -0.2) is 41.9 Å². The number of aliphatic hydroxyl groups is 1. The first kappa shape index (κ1) is 11.2. The SMILES string of the molecule is CCOC(=O)N(CCO)C(C)C. The largest absolute Gasteiger partial charge is 0.450 e. The summed E-state index contributed by atoms with van der Waals surface area (Å²) in [4.78, 5) is 12.7. The van der Waals surface area contributed by atoms with Crippen molar-refractivity contribution in [3.63, 3.8) is 0 Å². The minimum absolute atomic E-state index is 0.0308. The maximum Gasteiger partial charge on any atom is 0.410 e. The van der Waals surface area contributed by atoms with E-state index in [0.717, 1.165) is 0 Å². The van der Waals surface area contributed by atoms with Gasteiger partial charge in [-0.1, -0.05) is 0 Å². The van der Waals surface area contributed by atoms with Crippen LogP contribution in [0.15, 0.2) is 0 Å². The maximum atomic E-state index is 11.2. The number of nitrogens with zero attached hydrogens (tertiary/aromatic N) is 1. The monoisotopic (exact) mass is 175 g/mol. The second-order valence-electron chi connectivity index (χ2n) is 2.71. The molecule has 0 radical (unpaired) electrons. The number of hydrogen-bond donors (Lipinski definition) is 1. The molecule has 0 rings (SSSR count). The molecule has 0 saturated heterocycles. The van der Waals surface area contributed by atoms with Crippen LogP contribution in [0.5, 0.6) is 0 Å². The van der Waals surface area contributed by atoms with Gasteiger partial charge in [0, 0.05) is 12.6 Å². The molecule has 1 N–H and O–H groups in total. The summed E-state index contributed by atoms with van der Waals surface area (Å²) in [6.07, 6.45) is -0.360. The van der Waals surface area contributed by atoms with Crippen molar-refractivity contribution < 1.29 is 14.6 Å². The van der Waals surface area contributed by atoms with Crippen LogP contribution in [0.25, 0.3) is 0 Å². The van der Waals surface area contributed by atoms with Crippen LogP contribution in [0.2, 0.25) is 0 Å². The van der Waals surface area contributed by atoms with Crippen LogP contribution in [0.1, 0.15) is 20.8 Å². The molecule has 0 aliphatic rings. The van der Waals surface area contributed by atoms with Gasteiger partial charge in [-0.15, -0.1) is 0 Å². The second kappa shape index (κ2) is 5.83. The van der Waals surface area contributed by atoms with E-state index in [1.165, 1.54) is 4.90 Å². The molecule has 0 aromatic heterocycles. The Labute approximate surface area is 73.1 Å². The lowest BCUT2D eigenvalue weighted by molar-refractivity contribution is 0.0867. The van der Waals surface area contributed by atoms with Crippen molar-refractivity contribution in [1.82, 2.24) is 4.90 Å². The van der Waals surface area contributed by atoms with Gasteiger partial charge in [-0.3, -0.25) is 0 Å². The Bertz CT molecular complexity index is 136. The molecule has 0 aliphatic carbocycles. The predicted molar refractivity (Wildman–Crippen MR) is 45.9 cm³/mol. The molecule has 0 aromatic rings.